The van der Waals surface area contributed by atoms with Crippen molar-refractivity contribution in [3.8, 4) is 5.75 Å². The molecular weight excluding hydrogens is 274 g/mol. The van der Waals surface area contributed by atoms with Crippen LogP contribution in [0, 0.1) is 10.1 Å². The van der Waals surface area contributed by atoms with E-state index in [1.54, 1.807) is 24.3 Å². The summed E-state index contributed by atoms with van der Waals surface area (Å²) in [6.07, 6.45) is 0. The summed E-state index contributed by atoms with van der Waals surface area (Å²) in [5.74, 6) is 0.149. The van der Waals surface area contributed by atoms with E-state index in [1.165, 1.54) is 24.3 Å². The van der Waals surface area contributed by atoms with Crippen LogP contribution in [0.15, 0.2) is 48.5 Å². The number of Topliss-reactive ketones (excluding diaryl/α,β-unsaturated/α-hetero) is 1. The molecule has 0 fully saturated rings. The van der Waals surface area contributed by atoms with Crippen molar-refractivity contribution in [3.05, 3.63) is 69.8 Å². The number of rotatable bonds is 6. The van der Waals surface area contributed by atoms with Crippen LogP contribution < -0.4 is 4.74 Å². The van der Waals surface area contributed by atoms with Gasteiger partial charge in [0.1, 0.15) is 5.75 Å². The van der Waals surface area contributed by atoms with Crippen molar-refractivity contribution in [2.75, 3.05) is 6.61 Å². The van der Waals surface area contributed by atoms with E-state index in [0.29, 0.717) is 5.75 Å². The lowest BCUT2D eigenvalue weighted by Crippen LogP contribution is -2.11. The minimum Gasteiger partial charge on any atom is -0.485 e. The summed E-state index contributed by atoms with van der Waals surface area (Å²) in [4.78, 5) is 22.0. The largest absolute Gasteiger partial charge is 0.485 e. The Bertz CT molecular complexity index is 651. The fourth-order valence-electron chi connectivity index (χ4n) is 1.72. The number of ether oxygens (including phenoxy) is 1. The number of nitro groups is 1. The van der Waals surface area contributed by atoms with E-state index in [-0.39, 0.29) is 30.2 Å². The minimum atomic E-state index is -0.550. The van der Waals surface area contributed by atoms with Crippen molar-refractivity contribution in [1.29, 1.82) is 0 Å². The highest BCUT2D eigenvalue weighted by molar-refractivity contribution is 5.97. The first kappa shape index (κ1) is 14.7. The average Bonchev–Trinajstić information content (AvgIpc) is 2.53. The molecule has 0 aliphatic carbocycles. The predicted octanol–water partition coefficient (Wildman–Crippen LogP) is 2.35. The van der Waals surface area contributed by atoms with Gasteiger partial charge < -0.3 is 9.84 Å². The van der Waals surface area contributed by atoms with Gasteiger partial charge in [-0.25, -0.2) is 0 Å². The van der Waals surface area contributed by atoms with Crippen molar-refractivity contribution in [3.63, 3.8) is 0 Å². The van der Waals surface area contributed by atoms with Gasteiger partial charge in [-0.15, -0.1) is 0 Å². The predicted molar refractivity (Wildman–Crippen MR) is 75.3 cm³/mol. The second-order valence-electron chi connectivity index (χ2n) is 4.32. The molecule has 0 unspecified atom stereocenters. The molecule has 2 rings (SSSR count). The van der Waals surface area contributed by atoms with Gasteiger partial charge in [0.2, 0.25) is 0 Å². The van der Waals surface area contributed by atoms with Crippen LogP contribution in [0.2, 0.25) is 0 Å². The maximum Gasteiger partial charge on any atom is 0.270 e. The van der Waals surface area contributed by atoms with Gasteiger partial charge in [-0.3, -0.25) is 14.9 Å². The van der Waals surface area contributed by atoms with E-state index >= 15 is 0 Å². The SMILES string of the molecule is O=C(COc1ccc(CO)cc1)c1cccc([N+](=O)[O-])c1. The molecule has 2 aromatic carbocycles. The molecule has 0 radical (unpaired) electrons. The molecule has 1 N–H and O–H groups in total. The van der Waals surface area contributed by atoms with Crippen LogP contribution in [-0.4, -0.2) is 22.4 Å². The lowest BCUT2D eigenvalue weighted by atomic mass is 10.1. The quantitative estimate of drug-likeness (QED) is 0.500. The summed E-state index contributed by atoms with van der Waals surface area (Å²) in [7, 11) is 0. The summed E-state index contributed by atoms with van der Waals surface area (Å²) in [5.41, 5.74) is 0.844. The first-order valence-electron chi connectivity index (χ1n) is 6.20. The van der Waals surface area contributed by atoms with Crippen LogP contribution in [-0.2, 0) is 6.61 Å². The van der Waals surface area contributed by atoms with Gasteiger partial charge >= 0.3 is 0 Å². The van der Waals surface area contributed by atoms with Gasteiger partial charge in [0.05, 0.1) is 11.5 Å². The Kier molecular flexibility index (Phi) is 4.63. The average molecular weight is 287 g/mol. The Labute approximate surface area is 120 Å². The van der Waals surface area contributed by atoms with Gasteiger partial charge in [0.15, 0.2) is 12.4 Å². The zero-order valence-corrected chi connectivity index (χ0v) is 11.1. The fourth-order valence-corrected chi connectivity index (χ4v) is 1.72. The monoisotopic (exact) mass is 287 g/mol. The zero-order valence-electron chi connectivity index (χ0n) is 11.1. The van der Waals surface area contributed by atoms with Gasteiger partial charge in [0.25, 0.3) is 5.69 Å². The second kappa shape index (κ2) is 6.62. The van der Waals surface area contributed by atoms with E-state index in [0.717, 1.165) is 5.56 Å². The number of hydrogen-bond donors (Lipinski definition) is 1. The molecule has 2 aromatic rings. The number of carbonyl (C=O) groups is 1. The molecule has 0 bridgehead atoms. The summed E-state index contributed by atoms with van der Waals surface area (Å²) < 4.78 is 5.32. The Morgan fingerprint density at radius 3 is 2.52 bits per heavy atom. The highest BCUT2D eigenvalue weighted by Crippen LogP contribution is 2.15. The maximum absolute atomic E-state index is 11.9. The molecule has 0 atom stereocenters. The molecule has 0 spiro atoms. The van der Waals surface area contributed by atoms with Crippen molar-refractivity contribution >= 4 is 11.5 Å². The molecule has 21 heavy (non-hydrogen) atoms. The summed E-state index contributed by atoms with van der Waals surface area (Å²) >= 11 is 0. The van der Waals surface area contributed by atoms with Gasteiger partial charge in [-0.05, 0) is 17.7 Å². The summed E-state index contributed by atoms with van der Waals surface area (Å²) in [5, 5.41) is 19.6. The van der Waals surface area contributed by atoms with Crippen LogP contribution in [0.1, 0.15) is 15.9 Å². The molecule has 0 aliphatic rings. The first-order valence-corrected chi connectivity index (χ1v) is 6.20. The number of aliphatic hydroxyl groups is 1. The molecule has 0 heterocycles. The van der Waals surface area contributed by atoms with Gasteiger partial charge in [-0.1, -0.05) is 24.3 Å². The second-order valence-corrected chi connectivity index (χ2v) is 4.32. The van der Waals surface area contributed by atoms with Crippen LogP contribution in [0.4, 0.5) is 5.69 Å². The molecular formula is C15H13NO5. The lowest BCUT2D eigenvalue weighted by Gasteiger charge is -2.06. The number of ketones is 1. The third-order valence-electron chi connectivity index (χ3n) is 2.85. The third-order valence-corrected chi connectivity index (χ3v) is 2.85. The van der Waals surface area contributed by atoms with Crippen molar-refractivity contribution in [1.82, 2.24) is 0 Å². The topological polar surface area (TPSA) is 89.7 Å². The smallest absolute Gasteiger partial charge is 0.270 e. The number of nitro benzene ring substituents is 1. The summed E-state index contributed by atoms with van der Waals surface area (Å²) in [6.45, 7) is -0.271. The Balaban J connectivity index is 2.00. The van der Waals surface area contributed by atoms with E-state index in [4.69, 9.17) is 9.84 Å². The van der Waals surface area contributed by atoms with E-state index in [9.17, 15) is 14.9 Å². The number of nitrogens with zero attached hydrogens (tertiary/aromatic N) is 1. The molecule has 0 saturated heterocycles. The van der Waals surface area contributed by atoms with E-state index in [1.807, 2.05) is 0 Å². The first-order chi connectivity index (χ1) is 10.1. The van der Waals surface area contributed by atoms with Crippen molar-refractivity contribution in [2.45, 2.75) is 6.61 Å². The third kappa shape index (κ3) is 3.87. The highest BCUT2D eigenvalue weighted by Gasteiger charge is 2.12. The highest BCUT2D eigenvalue weighted by atomic mass is 16.6. The maximum atomic E-state index is 11.9. The lowest BCUT2D eigenvalue weighted by molar-refractivity contribution is -0.384. The number of benzene rings is 2. The fraction of sp³-hybridized carbons (Fsp3) is 0.133. The van der Waals surface area contributed by atoms with Crippen LogP contribution in [0.5, 0.6) is 5.75 Å². The minimum absolute atomic E-state index is 0.0626. The number of aliphatic hydroxyl groups excluding tert-OH is 1. The zero-order chi connectivity index (χ0) is 15.2. The Morgan fingerprint density at radius 2 is 1.90 bits per heavy atom. The number of non-ortho nitro benzene ring substituents is 1. The van der Waals surface area contributed by atoms with E-state index < -0.39 is 4.92 Å². The Hall–Kier alpha value is -2.73. The molecule has 0 amide bonds. The molecule has 6 nitrogen and oxygen atoms in total. The van der Waals surface area contributed by atoms with Gasteiger partial charge in [-0.2, -0.15) is 0 Å². The molecule has 6 heteroatoms. The normalized spacial score (nSPS) is 10.1. The van der Waals surface area contributed by atoms with Crippen LogP contribution >= 0.6 is 0 Å². The van der Waals surface area contributed by atoms with Gasteiger partial charge in [0, 0.05) is 17.7 Å². The van der Waals surface area contributed by atoms with Crippen molar-refractivity contribution < 1.29 is 19.6 Å². The molecule has 108 valence electrons. The summed E-state index contributed by atoms with van der Waals surface area (Å²) in [6, 6.07) is 12.2. The number of carbonyl (C=O) groups excluding carboxylic acids is 1. The molecule has 0 aromatic heterocycles. The molecule has 0 aliphatic heterocycles. The van der Waals surface area contributed by atoms with Crippen LogP contribution in [0.25, 0.3) is 0 Å². The van der Waals surface area contributed by atoms with Crippen molar-refractivity contribution in [2.24, 2.45) is 0 Å². The Morgan fingerprint density at radius 1 is 1.19 bits per heavy atom. The van der Waals surface area contributed by atoms with Crippen LogP contribution in [0.3, 0.4) is 0 Å². The standard InChI is InChI=1S/C15H13NO5/c17-9-11-4-6-14(7-5-11)21-10-15(18)12-2-1-3-13(8-12)16(19)20/h1-8,17H,9-10H2. The number of hydrogen-bond acceptors (Lipinski definition) is 5. The molecule has 0 saturated carbocycles. The van der Waals surface area contributed by atoms with E-state index in [2.05, 4.69) is 0 Å².